The van der Waals surface area contributed by atoms with Crippen LogP contribution in [0.3, 0.4) is 0 Å². The van der Waals surface area contributed by atoms with Gasteiger partial charge in [0, 0.05) is 19.0 Å². The molecule has 1 aromatic carbocycles. The minimum atomic E-state index is -0.482. The molecule has 1 amide bonds. The van der Waals surface area contributed by atoms with Crippen LogP contribution < -0.4 is 10.1 Å². The highest BCUT2D eigenvalue weighted by molar-refractivity contribution is 5.86. The number of furan rings is 1. The number of nitrogens with zero attached hydrogens (tertiary/aromatic N) is 1. The van der Waals surface area contributed by atoms with Gasteiger partial charge in [-0.25, -0.2) is 4.79 Å². The van der Waals surface area contributed by atoms with Gasteiger partial charge in [0.2, 0.25) is 11.7 Å². The lowest BCUT2D eigenvalue weighted by molar-refractivity contribution is -0.129. The molecule has 1 aliphatic rings. The lowest BCUT2D eigenvalue weighted by Crippen LogP contribution is -2.34. The van der Waals surface area contributed by atoms with Crippen molar-refractivity contribution in [2.24, 2.45) is 0 Å². The molecule has 3 rings (SSSR count). The Morgan fingerprint density at radius 3 is 2.97 bits per heavy atom. The van der Waals surface area contributed by atoms with Crippen molar-refractivity contribution in [3.05, 3.63) is 53.5 Å². The van der Waals surface area contributed by atoms with Crippen molar-refractivity contribution in [3.63, 3.8) is 0 Å². The van der Waals surface area contributed by atoms with Gasteiger partial charge >= 0.3 is 5.97 Å². The summed E-state index contributed by atoms with van der Waals surface area (Å²) in [6, 6.07) is 11.5. The maximum atomic E-state index is 12.3. The molecule has 1 atom stereocenters. The highest BCUT2D eigenvalue weighted by atomic mass is 16.5. The molecule has 1 aromatic heterocycles. The van der Waals surface area contributed by atoms with Crippen LogP contribution in [-0.2, 0) is 22.6 Å². The van der Waals surface area contributed by atoms with Gasteiger partial charge in [0.05, 0.1) is 20.3 Å². The van der Waals surface area contributed by atoms with Crippen LogP contribution in [0.1, 0.15) is 48.1 Å². The van der Waals surface area contributed by atoms with E-state index in [-0.39, 0.29) is 17.7 Å². The van der Waals surface area contributed by atoms with Gasteiger partial charge in [0.25, 0.3) is 0 Å². The molecule has 1 saturated heterocycles. The normalized spacial score (nSPS) is 16.3. The first kappa shape index (κ1) is 20.9. The van der Waals surface area contributed by atoms with E-state index in [0.717, 1.165) is 37.2 Å². The molecule has 29 heavy (non-hydrogen) atoms. The highest BCUT2D eigenvalue weighted by Crippen LogP contribution is 2.24. The second kappa shape index (κ2) is 10.1. The molecule has 0 spiro atoms. The third-order valence-electron chi connectivity index (χ3n) is 5.03. The monoisotopic (exact) mass is 400 g/mol. The van der Waals surface area contributed by atoms with E-state index < -0.39 is 5.97 Å². The molecule has 0 aliphatic carbocycles. The highest BCUT2D eigenvalue weighted by Gasteiger charge is 2.31. The number of hydrogen-bond donors (Lipinski definition) is 1. The molecule has 0 unspecified atom stereocenters. The number of carbonyl (C=O) groups excluding carboxylic acids is 2. The van der Waals surface area contributed by atoms with Crippen LogP contribution in [0.4, 0.5) is 0 Å². The third-order valence-corrected chi connectivity index (χ3v) is 5.03. The second-order valence-electron chi connectivity index (χ2n) is 7.02. The quantitative estimate of drug-likeness (QED) is 0.487. The van der Waals surface area contributed by atoms with Crippen LogP contribution in [0.15, 0.2) is 40.8 Å². The smallest absolute Gasteiger partial charge is 0.374 e. The number of likely N-dealkylation sites (tertiary alicyclic amines) is 1. The van der Waals surface area contributed by atoms with Crippen molar-refractivity contribution < 1.29 is 23.5 Å². The van der Waals surface area contributed by atoms with Crippen LogP contribution in [0.25, 0.3) is 0 Å². The maximum Gasteiger partial charge on any atom is 0.374 e. The number of esters is 1. The van der Waals surface area contributed by atoms with Gasteiger partial charge in [0.1, 0.15) is 11.5 Å². The second-order valence-corrected chi connectivity index (χ2v) is 7.02. The van der Waals surface area contributed by atoms with Crippen molar-refractivity contribution in [3.8, 4) is 5.75 Å². The fourth-order valence-electron chi connectivity index (χ4n) is 3.54. The Labute approximate surface area is 171 Å². The Bertz CT molecular complexity index is 832. The van der Waals surface area contributed by atoms with Crippen LogP contribution >= 0.6 is 0 Å². The fourth-order valence-corrected chi connectivity index (χ4v) is 3.54. The van der Waals surface area contributed by atoms with Crippen molar-refractivity contribution in [2.75, 3.05) is 20.3 Å². The predicted octanol–water partition coefficient (Wildman–Crippen LogP) is 3.14. The summed E-state index contributed by atoms with van der Waals surface area (Å²) in [4.78, 5) is 25.9. The van der Waals surface area contributed by atoms with E-state index in [2.05, 4.69) is 11.4 Å². The number of benzene rings is 1. The molecule has 156 valence electrons. The van der Waals surface area contributed by atoms with Crippen molar-refractivity contribution >= 4 is 11.9 Å². The fraction of sp³-hybridized carbons (Fsp3) is 0.455. The van der Waals surface area contributed by atoms with Gasteiger partial charge in [-0.2, -0.15) is 0 Å². The molecule has 2 heterocycles. The molecule has 1 fully saturated rings. The number of hydrogen-bond acceptors (Lipinski definition) is 6. The summed E-state index contributed by atoms with van der Waals surface area (Å²) in [5.74, 6) is 1.25. The zero-order valence-corrected chi connectivity index (χ0v) is 17.0. The van der Waals surface area contributed by atoms with E-state index in [1.54, 1.807) is 26.2 Å². The number of nitrogens with one attached hydrogen (secondary N) is 1. The molecular formula is C22H28N2O5. The van der Waals surface area contributed by atoms with Crippen molar-refractivity contribution in [1.82, 2.24) is 10.2 Å². The molecule has 1 aliphatic heterocycles. The summed E-state index contributed by atoms with van der Waals surface area (Å²) in [6.07, 6.45) is 2.25. The van der Waals surface area contributed by atoms with Crippen LogP contribution in [-0.4, -0.2) is 43.1 Å². The van der Waals surface area contributed by atoms with Crippen molar-refractivity contribution in [2.45, 2.75) is 45.3 Å². The largest absolute Gasteiger partial charge is 0.497 e. The van der Waals surface area contributed by atoms with Gasteiger partial charge in [0.15, 0.2) is 0 Å². The molecule has 0 saturated carbocycles. The van der Waals surface area contributed by atoms with Gasteiger partial charge in [-0.05, 0) is 56.1 Å². The molecule has 7 nitrogen and oxygen atoms in total. The molecule has 2 aromatic rings. The predicted molar refractivity (Wildman–Crippen MR) is 108 cm³/mol. The maximum absolute atomic E-state index is 12.3. The summed E-state index contributed by atoms with van der Waals surface area (Å²) in [6.45, 7) is 3.97. The Morgan fingerprint density at radius 1 is 1.31 bits per heavy atom. The average Bonchev–Trinajstić information content (AvgIpc) is 3.34. The number of carbonyl (C=O) groups is 2. The van der Waals surface area contributed by atoms with Gasteiger partial charge in [-0.1, -0.05) is 12.1 Å². The Morgan fingerprint density at radius 2 is 2.17 bits per heavy atom. The minimum absolute atomic E-state index is 0.122. The third kappa shape index (κ3) is 5.60. The van der Waals surface area contributed by atoms with Crippen LogP contribution in [0.2, 0.25) is 0 Å². The van der Waals surface area contributed by atoms with E-state index in [0.29, 0.717) is 25.3 Å². The first-order valence-electron chi connectivity index (χ1n) is 9.99. The summed E-state index contributed by atoms with van der Waals surface area (Å²) < 4.78 is 15.8. The standard InChI is InChI=1S/C22H28N2O5/c1-3-28-22(26)20-9-8-19(29-20)15-24-17(7-10-21(24)25)11-12-23-14-16-5-4-6-18(13-16)27-2/h4-6,8-9,13,17,23H,3,7,10-12,14-15H2,1-2H3/t17-/m0/s1. The Kier molecular flexibility index (Phi) is 7.30. The number of methoxy groups -OCH3 is 1. The summed E-state index contributed by atoms with van der Waals surface area (Å²) in [5, 5.41) is 3.43. The number of ether oxygens (including phenoxy) is 2. The SMILES string of the molecule is CCOC(=O)c1ccc(CN2C(=O)CC[C@H]2CCNCc2cccc(OC)c2)o1. The topological polar surface area (TPSA) is 81.0 Å². The molecule has 0 radical (unpaired) electrons. The van der Waals surface area contributed by atoms with E-state index in [1.165, 1.54) is 0 Å². The molecule has 7 heteroatoms. The zero-order chi connectivity index (χ0) is 20.6. The Hall–Kier alpha value is -2.80. The molecule has 1 N–H and O–H groups in total. The first-order valence-corrected chi connectivity index (χ1v) is 9.99. The van der Waals surface area contributed by atoms with Crippen LogP contribution in [0.5, 0.6) is 5.75 Å². The number of amides is 1. The van der Waals surface area contributed by atoms with E-state index >= 15 is 0 Å². The van der Waals surface area contributed by atoms with Gasteiger partial charge in [-0.3, -0.25) is 4.79 Å². The minimum Gasteiger partial charge on any atom is -0.497 e. The summed E-state index contributed by atoms with van der Waals surface area (Å²) in [7, 11) is 1.66. The van der Waals surface area contributed by atoms with Gasteiger partial charge in [-0.15, -0.1) is 0 Å². The average molecular weight is 400 g/mol. The van der Waals surface area contributed by atoms with Gasteiger partial charge < -0.3 is 24.1 Å². The lowest BCUT2D eigenvalue weighted by Gasteiger charge is -2.24. The van der Waals surface area contributed by atoms with E-state index in [9.17, 15) is 9.59 Å². The Balaban J connectivity index is 1.49. The summed E-state index contributed by atoms with van der Waals surface area (Å²) >= 11 is 0. The molecular weight excluding hydrogens is 372 g/mol. The van der Waals surface area contributed by atoms with E-state index in [1.807, 2.05) is 23.1 Å². The van der Waals surface area contributed by atoms with Crippen LogP contribution in [0, 0.1) is 0 Å². The summed E-state index contributed by atoms with van der Waals surface area (Å²) in [5.41, 5.74) is 1.16. The van der Waals surface area contributed by atoms with Crippen molar-refractivity contribution in [1.29, 1.82) is 0 Å². The number of rotatable bonds is 10. The van der Waals surface area contributed by atoms with E-state index in [4.69, 9.17) is 13.9 Å². The zero-order valence-electron chi connectivity index (χ0n) is 17.0. The molecule has 0 bridgehead atoms. The first-order chi connectivity index (χ1) is 14.1. The lowest BCUT2D eigenvalue weighted by atomic mass is 10.1.